The lowest BCUT2D eigenvalue weighted by Gasteiger charge is -2.10. The zero-order valence-electron chi connectivity index (χ0n) is 9.51. The first-order valence-corrected chi connectivity index (χ1v) is 4.91. The van der Waals surface area contributed by atoms with E-state index >= 15 is 0 Å². The normalized spacial score (nSPS) is 9.24. The highest BCUT2D eigenvalue weighted by Crippen LogP contribution is 2.29. The smallest absolute Gasteiger partial charge is 0.303 e. The molecule has 6 heteroatoms. The van der Waals surface area contributed by atoms with Crippen LogP contribution < -0.4 is 15.2 Å². The number of benzene rings is 1. The predicted molar refractivity (Wildman–Crippen MR) is 67.0 cm³/mol. The lowest BCUT2D eigenvalue weighted by molar-refractivity contribution is -0.137. The van der Waals surface area contributed by atoms with Crippen LogP contribution in [0.5, 0.6) is 11.5 Å². The van der Waals surface area contributed by atoms with Crippen LogP contribution in [0.4, 0.5) is 5.69 Å². The predicted octanol–water partition coefficient (Wildman–Crippen LogP) is 1.94. The zero-order chi connectivity index (χ0) is 12.0. The highest BCUT2D eigenvalue weighted by atomic mass is 35.5. The number of rotatable bonds is 6. The van der Waals surface area contributed by atoms with Crippen molar-refractivity contribution in [3.05, 3.63) is 18.2 Å². The molecule has 0 heterocycles. The summed E-state index contributed by atoms with van der Waals surface area (Å²) in [5.41, 5.74) is 6.18. The minimum absolute atomic E-state index is 0. The molecule has 0 aliphatic heterocycles. The van der Waals surface area contributed by atoms with Crippen LogP contribution in [0, 0.1) is 0 Å². The molecule has 0 spiro atoms. The van der Waals surface area contributed by atoms with E-state index in [0.29, 0.717) is 30.2 Å². The molecule has 0 unspecified atom stereocenters. The summed E-state index contributed by atoms with van der Waals surface area (Å²) in [7, 11) is 1.54. The molecule has 0 aromatic heterocycles. The molecular weight excluding hydrogens is 246 g/mol. The topological polar surface area (TPSA) is 81.8 Å². The number of carbonyl (C=O) groups is 1. The average Bonchev–Trinajstić information content (AvgIpc) is 2.24. The van der Waals surface area contributed by atoms with Crippen molar-refractivity contribution < 1.29 is 19.4 Å². The maximum absolute atomic E-state index is 10.3. The largest absolute Gasteiger partial charge is 0.493 e. The standard InChI is InChI=1S/C11H15NO4.ClH/c1-15-9-5-4-8(12)7-10(9)16-6-2-3-11(13)14;/h4-5,7H,2-3,6,12H2,1H3,(H,13,14);1H. The maximum atomic E-state index is 10.3. The summed E-state index contributed by atoms with van der Waals surface area (Å²) in [4.78, 5) is 10.3. The molecule has 0 bridgehead atoms. The van der Waals surface area contributed by atoms with Gasteiger partial charge in [0.25, 0.3) is 0 Å². The highest BCUT2D eigenvalue weighted by Gasteiger charge is 2.05. The second kappa shape index (κ2) is 7.62. The molecule has 0 aliphatic carbocycles. The molecule has 0 saturated heterocycles. The summed E-state index contributed by atoms with van der Waals surface area (Å²) in [5.74, 6) is 0.292. The molecule has 1 aromatic carbocycles. The number of ether oxygens (including phenoxy) is 2. The number of nitrogen functional groups attached to an aromatic ring is 1. The number of aliphatic carboxylic acids is 1. The fourth-order valence-corrected chi connectivity index (χ4v) is 1.21. The number of hydrogen-bond donors (Lipinski definition) is 2. The first-order chi connectivity index (χ1) is 7.63. The zero-order valence-corrected chi connectivity index (χ0v) is 10.3. The highest BCUT2D eigenvalue weighted by molar-refractivity contribution is 5.85. The molecular formula is C11H16ClNO4. The summed E-state index contributed by atoms with van der Waals surface area (Å²) in [6.07, 6.45) is 0.540. The number of methoxy groups -OCH3 is 1. The summed E-state index contributed by atoms with van der Waals surface area (Å²) in [6, 6.07) is 5.07. The summed E-state index contributed by atoms with van der Waals surface area (Å²) < 4.78 is 10.5. The number of anilines is 1. The van der Waals surface area contributed by atoms with Gasteiger partial charge in [-0.3, -0.25) is 4.79 Å². The van der Waals surface area contributed by atoms with Crippen LogP contribution in [0.3, 0.4) is 0 Å². The van der Waals surface area contributed by atoms with Gasteiger partial charge in [-0.25, -0.2) is 0 Å². The van der Waals surface area contributed by atoms with E-state index in [4.69, 9.17) is 20.3 Å². The monoisotopic (exact) mass is 261 g/mol. The first kappa shape index (κ1) is 15.4. The molecule has 1 aromatic rings. The van der Waals surface area contributed by atoms with Crippen LogP contribution in [-0.2, 0) is 4.79 Å². The van der Waals surface area contributed by atoms with E-state index in [9.17, 15) is 4.79 Å². The molecule has 0 atom stereocenters. The van der Waals surface area contributed by atoms with Gasteiger partial charge < -0.3 is 20.3 Å². The van der Waals surface area contributed by atoms with E-state index in [1.54, 1.807) is 18.2 Å². The molecule has 0 amide bonds. The Hall–Kier alpha value is -1.62. The minimum atomic E-state index is -0.830. The van der Waals surface area contributed by atoms with Crippen molar-refractivity contribution in [2.75, 3.05) is 19.5 Å². The number of hydrogen-bond acceptors (Lipinski definition) is 4. The molecule has 17 heavy (non-hydrogen) atoms. The van der Waals surface area contributed by atoms with Gasteiger partial charge in [0.2, 0.25) is 0 Å². The van der Waals surface area contributed by atoms with E-state index in [1.807, 2.05) is 0 Å². The lowest BCUT2D eigenvalue weighted by atomic mass is 10.3. The molecule has 0 radical (unpaired) electrons. The number of halogens is 1. The summed E-state index contributed by atoms with van der Waals surface area (Å²) in [5, 5.41) is 8.46. The Labute approximate surface area is 106 Å². The fourth-order valence-electron chi connectivity index (χ4n) is 1.21. The fraction of sp³-hybridized carbons (Fsp3) is 0.364. The second-order valence-corrected chi connectivity index (χ2v) is 3.26. The van der Waals surface area contributed by atoms with E-state index < -0.39 is 5.97 Å². The summed E-state index contributed by atoms with van der Waals surface area (Å²) >= 11 is 0. The van der Waals surface area contributed by atoms with Gasteiger partial charge in [0.15, 0.2) is 11.5 Å². The van der Waals surface area contributed by atoms with Crippen LogP contribution in [0.2, 0.25) is 0 Å². The van der Waals surface area contributed by atoms with Gasteiger partial charge in [0, 0.05) is 18.2 Å². The Morgan fingerprint density at radius 2 is 2.12 bits per heavy atom. The van der Waals surface area contributed by atoms with Gasteiger partial charge in [0.1, 0.15) is 0 Å². The average molecular weight is 262 g/mol. The lowest BCUT2D eigenvalue weighted by Crippen LogP contribution is -2.03. The Bertz CT molecular complexity index is 370. The van der Waals surface area contributed by atoms with Crippen LogP contribution >= 0.6 is 12.4 Å². The minimum Gasteiger partial charge on any atom is -0.493 e. The molecule has 96 valence electrons. The molecule has 0 fully saturated rings. The Balaban J connectivity index is 0.00000256. The number of nitrogens with two attached hydrogens (primary N) is 1. The Kier molecular flexibility index (Phi) is 6.89. The van der Waals surface area contributed by atoms with E-state index in [2.05, 4.69) is 0 Å². The molecule has 0 aliphatic rings. The van der Waals surface area contributed by atoms with Gasteiger partial charge in [-0.2, -0.15) is 0 Å². The van der Waals surface area contributed by atoms with E-state index in [1.165, 1.54) is 7.11 Å². The molecule has 5 nitrogen and oxygen atoms in total. The number of carboxylic acid groups (broad SMARTS) is 1. The third-order valence-corrected chi connectivity index (χ3v) is 1.98. The second-order valence-electron chi connectivity index (χ2n) is 3.26. The maximum Gasteiger partial charge on any atom is 0.303 e. The Morgan fingerprint density at radius 1 is 1.41 bits per heavy atom. The van der Waals surface area contributed by atoms with Crippen molar-refractivity contribution >= 4 is 24.1 Å². The van der Waals surface area contributed by atoms with Crippen molar-refractivity contribution in [2.45, 2.75) is 12.8 Å². The molecule has 1 rings (SSSR count). The van der Waals surface area contributed by atoms with Crippen molar-refractivity contribution in [3.63, 3.8) is 0 Å². The van der Waals surface area contributed by atoms with Gasteiger partial charge in [-0.15, -0.1) is 12.4 Å². The summed E-state index contributed by atoms with van der Waals surface area (Å²) in [6.45, 7) is 0.326. The van der Waals surface area contributed by atoms with Crippen LogP contribution in [-0.4, -0.2) is 24.8 Å². The number of carboxylic acids is 1. The third-order valence-electron chi connectivity index (χ3n) is 1.98. The quantitative estimate of drug-likeness (QED) is 0.604. The third kappa shape index (κ3) is 5.31. The van der Waals surface area contributed by atoms with Crippen LogP contribution in [0.25, 0.3) is 0 Å². The molecule has 0 saturated carbocycles. The SMILES string of the molecule is COc1ccc(N)cc1OCCCC(=O)O.Cl. The van der Waals surface area contributed by atoms with Gasteiger partial charge in [-0.05, 0) is 18.6 Å². The van der Waals surface area contributed by atoms with Gasteiger partial charge in [-0.1, -0.05) is 0 Å². The Morgan fingerprint density at radius 3 is 2.71 bits per heavy atom. The van der Waals surface area contributed by atoms with E-state index in [0.717, 1.165) is 0 Å². The van der Waals surface area contributed by atoms with Gasteiger partial charge >= 0.3 is 5.97 Å². The van der Waals surface area contributed by atoms with Crippen molar-refractivity contribution in [1.29, 1.82) is 0 Å². The van der Waals surface area contributed by atoms with Crippen molar-refractivity contribution in [2.24, 2.45) is 0 Å². The van der Waals surface area contributed by atoms with Crippen LogP contribution in [0.15, 0.2) is 18.2 Å². The van der Waals surface area contributed by atoms with Crippen LogP contribution in [0.1, 0.15) is 12.8 Å². The van der Waals surface area contributed by atoms with Crippen molar-refractivity contribution in [1.82, 2.24) is 0 Å². The van der Waals surface area contributed by atoms with Gasteiger partial charge in [0.05, 0.1) is 13.7 Å². The van der Waals surface area contributed by atoms with Crippen molar-refractivity contribution in [3.8, 4) is 11.5 Å². The molecule has 3 N–H and O–H groups in total. The van der Waals surface area contributed by atoms with E-state index in [-0.39, 0.29) is 18.8 Å². The first-order valence-electron chi connectivity index (χ1n) is 4.91.